The van der Waals surface area contributed by atoms with Gasteiger partial charge in [0, 0.05) is 49.4 Å². The number of alkyl halides is 3. The van der Waals surface area contributed by atoms with E-state index in [4.69, 9.17) is 46.4 Å². The van der Waals surface area contributed by atoms with Gasteiger partial charge in [0.05, 0.1) is 45.6 Å². The van der Waals surface area contributed by atoms with Crippen molar-refractivity contribution in [1.29, 1.82) is 0 Å². The van der Waals surface area contributed by atoms with E-state index in [0.29, 0.717) is 109 Å². The summed E-state index contributed by atoms with van der Waals surface area (Å²) >= 11 is 0. The van der Waals surface area contributed by atoms with Crippen molar-refractivity contribution in [3.05, 3.63) is 197 Å². The Morgan fingerprint density at radius 2 is 0.687 bits per heavy atom. The minimum atomic E-state index is -4.68. The second kappa shape index (κ2) is 19.6. The van der Waals surface area contributed by atoms with E-state index >= 15 is 13.2 Å². The SMILES string of the molecule is [C-]#[N+]c1ccc(-n2c3ccc(-c4nc(C)nc(C)n4)cc3c3cc(-c4nc(C)nc(C)n4)ccc32)c(-c2cc(-c3c(C)cccc3C(F)(F)F)ccc2-n2c3ccc(-c4nc(C)nc(C)n4)cc3c3cc(-c4nc(C)nc(C)n4)ccc32)c1. The van der Waals surface area contributed by atoms with E-state index in [-0.39, 0.29) is 5.56 Å². The van der Waals surface area contributed by atoms with Crippen LogP contribution >= 0.6 is 0 Å². The molecule has 83 heavy (non-hydrogen) atoms. The van der Waals surface area contributed by atoms with Gasteiger partial charge in [-0.25, -0.2) is 64.7 Å². The molecule has 404 valence electrons. The van der Waals surface area contributed by atoms with Crippen molar-refractivity contribution in [2.45, 2.75) is 68.5 Å². The Kier molecular flexibility index (Phi) is 12.3. The lowest BCUT2D eigenvalue weighted by molar-refractivity contribution is -0.137. The third-order valence-electron chi connectivity index (χ3n) is 14.7. The largest absolute Gasteiger partial charge is 0.417 e. The number of halogens is 3. The van der Waals surface area contributed by atoms with E-state index in [1.54, 1.807) is 25.1 Å². The Morgan fingerprint density at radius 1 is 0.361 bits per heavy atom. The average Bonchev–Trinajstić information content (AvgIpc) is 4.18. The zero-order chi connectivity index (χ0) is 57.7. The molecule has 0 saturated heterocycles. The number of benzene rings is 7. The maximum Gasteiger partial charge on any atom is 0.417 e. The van der Waals surface area contributed by atoms with Gasteiger partial charge in [-0.3, -0.25) is 0 Å². The lowest BCUT2D eigenvalue weighted by Gasteiger charge is -2.22. The third kappa shape index (κ3) is 9.21. The third-order valence-corrected chi connectivity index (χ3v) is 14.7. The molecule has 15 nitrogen and oxygen atoms in total. The van der Waals surface area contributed by atoms with Crippen LogP contribution in [0.2, 0.25) is 0 Å². The zero-order valence-electron chi connectivity index (χ0n) is 46.5. The van der Waals surface area contributed by atoms with Crippen LogP contribution in [-0.4, -0.2) is 68.9 Å². The van der Waals surface area contributed by atoms with Gasteiger partial charge in [-0.05, 0) is 188 Å². The van der Waals surface area contributed by atoms with Crippen LogP contribution in [0.3, 0.4) is 0 Å². The molecule has 0 atom stereocenters. The Balaban J connectivity index is 1.14. The standard InChI is InChI=1S/C65H48F3N15/c1-32-12-11-13-53(65(66,67)68)60(32)41-14-20-54(82-55-21-15-42(61-74-33(2)70-34(3)75-61)27-48(55)49-28-43(16-22-56(49)82)62-76-35(4)71-36(5)77-62)47(26-41)52-31-46(69-10)19-25-59(52)83-57-23-17-44(63-78-37(6)72-38(7)79-63)29-50(57)51-30-45(18-24-58(51)83)64-80-39(8)73-40(9)81-64/h11-31H,1-9H3. The van der Waals surface area contributed by atoms with Crippen LogP contribution in [-0.2, 0) is 6.18 Å². The molecule has 0 unspecified atom stereocenters. The summed E-state index contributed by atoms with van der Waals surface area (Å²) in [5.41, 5.74) is 8.97. The molecular weight excluding hydrogens is 1050 g/mol. The zero-order valence-corrected chi connectivity index (χ0v) is 46.5. The highest BCUT2D eigenvalue weighted by atomic mass is 19.4. The summed E-state index contributed by atoms with van der Waals surface area (Å²) in [4.78, 5) is 59.6. The summed E-state index contributed by atoms with van der Waals surface area (Å²) < 4.78 is 50.2. The fraction of sp³-hybridized carbons (Fsp3) is 0.154. The molecule has 0 bridgehead atoms. The Bertz CT molecular complexity index is 4640. The van der Waals surface area contributed by atoms with Gasteiger partial charge in [0.15, 0.2) is 29.0 Å². The van der Waals surface area contributed by atoms with E-state index < -0.39 is 11.7 Å². The van der Waals surface area contributed by atoms with Crippen LogP contribution in [0.25, 0.3) is 128 Å². The molecule has 18 heteroatoms. The highest BCUT2D eigenvalue weighted by Crippen LogP contribution is 2.47. The summed E-state index contributed by atoms with van der Waals surface area (Å²) in [6, 6.07) is 39.4. The van der Waals surface area contributed by atoms with E-state index in [2.05, 4.69) is 58.2 Å². The fourth-order valence-electron chi connectivity index (χ4n) is 11.5. The molecule has 0 aliphatic heterocycles. The minimum absolute atomic E-state index is 0.0441. The number of hydrogen-bond donors (Lipinski definition) is 0. The Labute approximate surface area is 473 Å². The van der Waals surface area contributed by atoms with E-state index in [9.17, 15) is 0 Å². The second-order valence-electron chi connectivity index (χ2n) is 20.7. The molecule has 0 amide bonds. The van der Waals surface area contributed by atoms with Crippen molar-refractivity contribution in [1.82, 2.24) is 68.9 Å². The highest BCUT2D eigenvalue weighted by molar-refractivity contribution is 6.14. The summed E-state index contributed by atoms with van der Waals surface area (Å²) in [7, 11) is 0. The Hall–Kier alpha value is -10.5. The van der Waals surface area contributed by atoms with Crippen LogP contribution in [0.15, 0.2) is 127 Å². The van der Waals surface area contributed by atoms with Crippen LogP contribution < -0.4 is 0 Å². The molecule has 13 rings (SSSR count). The van der Waals surface area contributed by atoms with Crippen molar-refractivity contribution >= 4 is 49.3 Å². The fourth-order valence-corrected chi connectivity index (χ4v) is 11.5. The molecule has 0 saturated carbocycles. The first-order valence-corrected chi connectivity index (χ1v) is 26.6. The molecule has 7 aromatic carbocycles. The molecule has 6 heterocycles. The normalized spacial score (nSPS) is 11.8. The number of nitrogens with zero attached hydrogens (tertiary/aromatic N) is 15. The molecular formula is C65H48F3N15. The summed E-state index contributed by atoms with van der Waals surface area (Å²) in [5.74, 6) is 6.67. The number of aromatic nitrogens is 14. The summed E-state index contributed by atoms with van der Waals surface area (Å²) in [6.45, 7) is 24.8. The molecule has 0 N–H and O–H groups in total. The van der Waals surface area contributed by atoms with E-state index in [1.165, 1.54) is 6.07 Å². The van der Waals surface area contributed by atoms with Crippen LogP contribution in [0, 0.1) is 68.9 Å². The first kappa shape index (κ1) is 51.9. The van der Waals surface area contributed by atoms with E-state index in [0.717, 1.165) is 71.9 Å². The van der Waals surface area contributed by atoms with Gasteiger partial charge in [-0.1, -0.05) is 24.3 Å². The van der Waals surface area contributed by atoms with Gasteiger partial charge in [0.25, 0.3) is 0 Å². The summed E-state index contributed by atoms with van der Waals surface area (Å²) in [6.07, 6.45) is -4.68. The maximum atomic E-state index is 15.3. The predicted octanol–water partition coefficient (Wildman–Crippen LogP) is 15.0. The number of hydrogen-bond acceptors (Lipinski definition) is 12. The van der Waals surface area contributed by atoms with Crippen molar-refractivity contribution in [2.24, 2.45) is 0 Å². The lowest BCUT2D eigenvalue weighted by atomic mass is 9.90. The number of rotatable bonds is 8. The van der Waals surface area contributed by atoms with Crippen LogP contribution in [0.5, 0.6) is 0 Å². The van der Waals surface area contributed by atoms with Gasteiger partial charge in [0.1, 0.15) is 46.6 Å². The Morgan fingerprint density at radius 3 is 1.02 bits per heavy atom. The monoisotopic (exact) mass is 1100 g/mol. The molecule has 13 aromatic rings. The first-order chi connectivity index (χ1) is 39.8. The van der Waals surface area contributed by atoms with Crippen LogP contribution in [0.4, 0.5) is 18.9 Å². The van der Waals surface area contributed by atoms with Gasteiger partial charge in [-0.15, -0.1) is 0 Å². The second-order valence-corrected chi connectivity index (χ2v) is 20.7. The molecule has 0 aliphatic carbocycles. The van der Waals surface area contributed by atoms with Gasteiger partial charge in [0.2, 0.25) is 0 Å². The van der Waals surface area contributed by atoms with Gasteiger partial charge in [-0.2, -0.15) is 13.2 Å². The number of aryl methyl sites for hydroxylation is 9. The van der Waals surface area contributed by atoms with E-state index in [1.807, 2.05) is 128 Å². The molecule has 0 aliphatic rings. The van der Waals surface area contributed by atoms with Gasteiger partial charge < -0.3 is 9.13 Å². The van der Waals surface area contributed by atoms with Gasteiger partial charge >= 0.3 is 6.18 Å². The molecule has 0 fully saturated rings. The number of fused-ring (bicyclic) bond motifs is 6. The van der Waals surface area contributed by atoms with Crippen LogP contribution in [0.1, 0.15) is 57.7 Å². The quantitative estimate of drug-likeness (QED) is 0.132. The molecule has 0 radical (unpaired) electrons. The van der Waals surface area contributed by atoms with Crippen molar-refractivity contribution in [3.8, 4) is 79.2 Å². The smallest absolute Gasteiger partial charge is 0.309 e. The molecule has 6 aromatic heterocycles. The highest BCUT2D eigenvalue weighted by Gasteiger charge is 2.35. The average molecular weight is 1100 g/mol. The summed E-state index contributed by atoms with van der Waals surface area (Å²) in [5, 5.41) is 3.37. The predicted molar refractivity (Wildman–Crippen MR) is 315 cm³/mol. The van der Waals surface area contributed by atoms with Crippen molar-refractivity contribution in [2.75, 3.05) is 0 Å². The topological polar surface area (TPSA) is 169 Å². The molecule has 0 spiro atoms. The van der Waals surface area contributed by atoms with Crippen molar-refractivity contribution in [3.63, 3.8) is 0 Å². The first-order valence-electron chi connectivity index (χ1n) is 26.6. The minimum Gasteiger partial charge on any atom is -0.309 e. The van der Waals surface area contributed by atoms with Crippen molar-refractivity contribution < 1.29 is 13.2 Å². The lowest BCUT2D eigenvalue weighted by Crippen LogP contribution is -2.08. The maximum absolute atomic E-state index is 15.3.